The zero-order valence-electron chi connectivity index (χ0n) is 16.9. The summed E-state index contributed by atoms with van der Waals surface area (Å²) in [6, 6.07) is 22.3. The van der Waals surface area contributed by atoms with Gasteiger partial charge in [0.2, 0.25) is 5.91 Å². The van der Waals surface area contributed by atoms with E-state index in [1.165, 1.54) is 0 Å². The maximum atomic E-state index is 12.8. The Bertz CT molecular complexity index is 1080. The molecule has 3 aromatic rings. The molecule has 1 aliphatic heterocycles. The fraction of sp³-hybridized carbons (Fsp3) is 0.167. The second-order valence-corrected chi connectivity index (χ2v) is 7.40. The fourth-order valence-electron chi connectivity index (χ4n) is 3.72. The van der Waals surface area contributed by atoms with Crippen LogP contribution in [0.2, 0.25) is 0 Å². The average Bonchev–Trinajstić information content (AvgIpc) is 2.76. The Kier molecular flexibility index (Phi) is 5.14. The number of aromatic carboxylic acids is 1. The molecule has 152 valence electrons. The second-order valence-electron chi connectivity index (χ2n) is 7.40. The molecule has 1 atom stereocenters. The van der Waals surface area contributed by atoms with Gasteiger partial charge in [-0.05, 0) is 55.0 Å². The highest BCUT2D eigenvalue weighted by molar-refractivity contribution is 6.05. The highest BCUT2D eigenvalue weighted by Gasteiger charge is 2.33. The molecule has 3 aromatic carbocycles. The largest absolute Gasteiger partial charge is 0.478 e. The van der Waals surface area contributed by atoms with Crippen LogP contribution >= 0.6 is 0 Å². The monoisotopic (exact) mass is 401 g/mol. The third kappa shape index (κ3) is 3.72. The van der Waals surface area contributed by atoms with E-state index in [9.17, 15) is 9.59 Å². The molecule has 0 fully saturated rings. The number of hydrogen-bond acceptors (Lipinski definition) is 4. The molecule has 0 unspecified atom stereocenters. The van der Waals surface area contributed by atoms with Crippen molar-refractivity contribution in [1.29, 1.82) is 0 Å². The van der Waals surface area contributed by atoms with Gasteiger partial charge in [0, 0.05) is 25.0 Å². The summed E-state index contributed by atoms with van der Waals surface area (Å²) in [5.74, 6) is -0.892. The lowest BCUT2D eigenvalue weighted by Crippen LogP contribution is -2.50. The molecule has 4 rings (SSSR count). The van der Waals surface area contributed by atoms with Crippen molar-refractivity contribution in [1.82, 2.24) is 0 Å². The number of nitrogens with zero attached hydrogens (tertiary/aromatic N) is 2. The Morgan fingerprint density at radius 2 is 1.63 bits per heavy atom. The van der Waals surface area contributed by atoms with Crippen molar-refractivity contribution in [3.05, 3.63) is 83.9 Å². The van der Waals surface area contributed by atoms with Gasteiger partial charge in [-0.15, -0.1) is 0 Å². The van der Waals surface area contributed by atoms with E-state index in [2.05, 4.69) is 22.3 Å². The summed E-state index contributed by atoms with van der Waals surface area (Å²) in [6.07, 6.45) is 0. The van der Waals surface area contributed by atoms with Crippen molar-refractivity contribution < 1.29 is 14.7 Å². The number of benzene rings is 3. The molecule has 0 saturated heterocycles. The molecule has 0 aliphatic carbocycles. The van der Waals surface area contributed by atoms with Crippen LogP contribution < -0.4 is 15.1 Å². The minimum atomic E-state index is -0.950. The van der Waals surface area contributed by atoms with Gasteiger partial charge in [-0.1, -0.05) is 30.3 Å². The molecule has 0 radical (unpaired) electrons. The van der Waals surface area contributed by atoms with Crippen LogP contribution in [0.4, 0.5) is 22.7 Å². The third-order valence-corrected chi connectivity index (χ3v) is 5.42. The Balaban J connectivity index is 1.66. The Labute approximate surface area is 175 Å². The molecular weight excluding hydrogens is 378 g/mol. The van der Waals surface area contributed by atoms with Gasteiger partial charge in [0.1, 0.15) is 6.04 Å². The first-order valence-electron chi connectivity index (χ1n) is 9.76. The van der Waals surface area contributed by atoms with Crippen LogP contribution in [0.1, 0.15) is 22.8 Å². The first kappa shape index (κ1) is 19.5. The maximum Gasteiger partial charge on any atom is 0.335 e. The Morgan fingerprint density at radius 3 is 2.30 bits per heavy atom. The molecule has 0 spiro atoms. The number of likely N-dealkylation sites (N-methyl/N-ethyl adjacent to an activating group) is 1. The molecule has 6 heteroatoms. The fourth-order valence-corrected chi connectivity index (χ4v) is 3.72. The SMILES string of the molecule is C[C@@H]1C(=O)N(C)c2ccc(Nc3ccc(C(=O)O)cc3)cc2N1Cc1ccccc1. The zero-order chi connectivity index (χ0) is 21.3. The topological polar surface area (TPSA) is 72.9 Å². The molecule has 1 heterocycles. The molecule has 1 aliphatic rings. The summed E-state index contributed by atoms with van der Waals surface area (Å²) >= 11 is 0. The molecule has 0 aromatic heterocycles. The van der Waals surface area contributed by atoms with Crippen LogP contribution in [0.15, 0.2) is 72.8 Å². The summed E-state index contributed by atoms with van der Waals surface area (Å²) in [7, 11) is 1.80. The zero-order valence-corrected chi connectivity index (χ0v) is 16.9. The molecule has 0 saturated carbocycles. The molecule has 2 N–H and O–H groups in total. The van der Waals surface area contributed by atoms with Crippen LogP contribution in [0, 0.1) is 0 Å². The minimum Gasteiger partial charge on any atom is -0.478 e. The van der Waals surface area contributed by atoms with Crippen LogP contribution in [-0.2, 0) is 11.3 Å². The van der Waals surface area contributed by atoms with Gasteiger partial charge in [0.15, 0.2) is 0 Å². The van der Waals surface area contributed by atoms with Gasteiger partial charge in [0.05, 0.1) is 16.9 Å². The van der Waals surface area contributed by atoms with E-state index in [4.69, 9.17) is 5.11 Å². The lowest BCUT2D eigenvalue weighted by molar-refractivity contribution is -0.119. The average molecular weight is 401 g/mol. The first-order valence-corrected chi connectivity index (χ1v) is 9.76. The highest BCUT2D eigenvalue weighted by atomic mass is 16.4. The van der Waals surface area contributed by atoms with Gasteiger partial charge < -0.3 is 20.2 Å². The van der Waals surface area contributed by atoms with E-state index in [1.54, 1.807) is 36.2 Å². The number of amides is 1. The van der Waals surface area contributed by atoms with Crippen LogP contribution in [-0.4, -0.2) is 30.1 Å². The predicted molar refractivity (Wildman–Crippen MR) is 119 cm³/mol. The summed E-state index contributed by atoms with van der Waals surface area (Å²) < 4.78 is 0. The number of carbonyl (C=O) groups is 2. The van der Waals surface area contributed by atoms with E-state index >= 15 is 0 Å². The number of hydrogen-bond donors (Lipinski definition) is 2. The van der Waals surface area contributed by atoms with Gasteiger partial charge in [-0.3, -0.25) is 4.79 Å². The summed E-state index contributed by atoms with van der Waals surface area (Å²) in [6.45, 7) is 2.56. The van der Waals surface area contributed by atoms with Gasteiger partial charge >= 0.3 is 5.97 Å². The molecule has 30 heavy (non-hydrogen) atoms. The standard InChI is InChI=1S/C24H23N3O3/c1-16-23(28)26(2)21-13-12-20(25-19-10-8-18(9-11-19)24(29)30)14-22(21)27(16)15-17-6-4-3-5-7-17/h3-14,16,25H,15H2,1-2H3,(H,29,30)/t16-/m1/s1. The number of carbonyl (C=O) groups excluding carboxylic acids is 1. The lowest BCUT2D eigenvalue weighted by Gasteiger charge is -2.40. The minimum absolute atomic E-state index is 0.0587. The van der Waals surface area contributed by atoms with Crippen molar-refractivity contribution in [2.75, 3.05) is 22.2 Å². The number of rotatable bonds is 5. The molecular formula is C24H23N3O3. The highest BCUT2D eigenvalue weighted by Crippen LogP contribution is 2.38. The normalized spacial score (nSPS) is 15.7. The number of carboxylic acid groups (broad SMARTS) is 1. The van der Waals surface area contributed by atoms with Crippen molar-refractivity contribution in [3.8, 4) is 0 Å². The smallest absolute Gasteiger partial charge is 0.335 e. The quantitative estimate of drug-likeness (QED) is 0.659. The van der Waals surface area contributed by atoms with E-state index in [1.807, 2.05) is 43.3 Å². The number of fused-ring (bicyclic) bond motifs is 1. The van der Waals surface area contributed by atoms with Crippen LogP contribution in [0.5, 0.6) is 0 Å². The Morgan fingerprint density at radius 1 is 0.967 bits per heavy atom. The van der Waals surface area contributed by atoms with Gasteiger partial charge in [-0.2, -0.15) is 0 Å². The van der Waals surface area contributed by atoms with E-state index < -0.39 is 5.97 Å². The summed E-state index contributed by atoms with van der Waals surface area (Å²) in [5, 5.41) is 12.4. The van der Waals surface area contributed by atoms with E-state index in [0.717, 1.165) is 28.3 Å². The predicted octanol–water partition coefficient (Wildman–Crippen LogP) is 4.50. The number of nitrogens with one attached hydrogen (secondary N) is 1. The van der Waals surface area contributed by atoms with Gasteiger partial charge in [0.25, 0.3) is 0 Å². The molecule has 1 amide bonds. The van der Waals surface area contributed by atoms with Crippen LogP contribution in [0.3, 0.4) is 0 Å². The van der Waals surface area contributed by atoms with Crippen molar-refractivity contribution >= 4 is 34.6 Å². The van der Waals surface area contributed by atoms with E-state index in [0.29, 0.717) is 6.54 Å². The van der Waals surface area contributed by atoms with Gasteiger partial charge in [-0.25, -0.2) is 4.79 Å². The summed E-state index contributed by atoms with van der Waals surface area (Å²) in [5.41, 5.74) is 4.87. The van der Waals surface area contributed by atoms with E-state index in [-0.39, 0.29) is 17.5 Å². The lowest BCUT2D eigenvalue weighted by atomic mass is 10.0. The van der Waals surface area contributed by atoms with Crippen molar-refractivity contribution in [2.24, 2.45) is 0 Å². The van der Waals surface area contributed by atoms with Crippen LogP contribution in [0.25, 0.3) is 0 Å². The maximum absolute atomic E-state index is 12.8. The first-order chi connectivity index (χ1) is 14.4. The second kappa shape index (κ2) is 7.91. The summed E-state index contributed by atoms with van der Waals surface area (Å²) in [4.78, 5) is 27.6. The number of anilines is 4. The Hall–Kier alpha value is -3.80. The van der Waals surface area contributed by atoms with Crippen molar-refractivity contribution in [2.45, 2.75) is 19.5 Å². The molecule has 6 nitrogen and oxygen atoms in total. The molecule has 0 bridgehead atoms. The third-order valence-electron chi connectivity index (χ3n) is 5.42. The number of carboxylic acids is 1. The van der Waals surface area contributed by atoms with Crippen molar-refractivity contribution in [3.63, 3.8) is 0 Å².